The van der Waals surface area contributed by atoms with Gasteiger partial charge in [-0.25, -0.2) is 22.7 Å². The highest BCUT2D eigenvalue weighted by molar-refractivity contribution is 7.88. The van der Waals surface area contributed by atoms with Crippen molar-refractivity contribution in [2.45, 2.75) is 49.9 Å². The van der Waals surface area contributed by atoms with Crippen molar-refractivity contribution < 1.29 is 23.1 Å². The quantitative estimate of drug-likeness (QED) is 0.571. The molecule has 1 aliphatic heterocycles. The van der Waals surface area contributed by atoms with Crippen LogP contribution in [-0.2, 0) is 14.8 Å². The van der Waals surface area contributed by atoms with Crippen LogP contribution in [0, 0.1) is 0 Å². The van der Waals surface area contributed by atoms with E-state index in [4.69, 9.17) is 4.74 Å². The molecule has 1 aromatic heterocycles. The molecule has 1 saturated carbocycles. The topological polar surface area (TPSA) is 134 Å². The van der Waals surface area contributed by atoms with E-state index in [0.29, 0.717) is 17.0 Å². The van der Waals surface area contributed by atoms with Gasteiger partial charge in [-0.05, 0) is 31.7 Å². The lowest BCUT2D eigenvalue weighted by Crippen LogP contribution is -2.42. The summed E-state index contributed by atoms with van der Waals surface area (Å²) >= 11 is 0. The molecular formula is C21H29N5O5S. The molecule has 2 heterocycles. The van der Waals surface area contributed by atoms with Gasteiger partial charge in [0.1, 0.15) is 0 Å². The van der Waals surface area contributed by atoms with Crippen molar-refractivity contribution in [3.63, 3.8) is 0 Å². The maximum Gasteiger partial charge on any atom is 0.253 e. The number of carbonyl (C=O) groups excluding carboxylic acids is 1. The first kappa shape index (κ1) is 22.8. The first-order chi connectivity index (χ1) is 15.2. The number of nitrogens with one attached hydrogen (secondary N) is 2. The van der Waals surface area contributed by atoms with Gasteiger partial charge >= 0.3 is 0 Å². The lowest BCUT2D eigenvalue weighted by atomic mass is 9.91. The predicted octanol–water partition coefficient (Wildman–Crippen LogP) is 0.734. The maximum absolute atomic E-state index is 12.8. The number of hydrogen-bond acceptors (Lipinski definition) is 8. The largest absolute Gasteiger partial charge is 0.388 e. The minimum atomic E-state index is -3.20. The van der Waals surface area contributed by atoms with Gasteiger partial charge in [-0.3, -0.25) is 4.79 Å². The molecule has 4 rings (SSSR count). The van der Waals surface area contributed by atoms with Crippen LogP contribution < -0.4 is 10.6 Å². The Morgan fingerprint density at radius 3 is 2.62 bits per heavy atom. The molecule has 32 heavy (non-hydrogen) atoms. The highest BCUT2D eigenvalue weighted by Gasteiger charge is 2.30. The number of anilines is 1. The highest BCUT2D eigenvalue weighted by atomic mass is 32.2. The number of benzene rings is 1. The Morgan fingerprint density at radius 1 is 1.22 bits per heavy atom. The van der Waals surface area contributed by atoms with Crippen LogP contribution in [0.5, 0.6) is 0 Å². The number of nitrogens with zero attached hydrogens (tertiary/aromatic N) is 3. The zero-order valence-electron chi connectivity index (χ0n) is 18.2. The van der Waals surface area contributed by atoms with E-state index in [-0.39, 0.29) is 31.2 Å². The number of aromatic nitrogens is 2. The SMILES string of the molecule is CN(C1CCC(Nc2ncc3cccc(C(=O)N[C@H]4COC[C@@H]4O)c3n2)CC1)S(C)(=O)=O. The van der Waals surface area contributed by atoms with Gasteiger partial charge < -0.3 is 20.5 Å². The van der Waals surface area contributed by atoms with Gasteiger partial charge in [0.2, 0.25) is 16.0 Å². The Bertz CT molecular complexity index is 1090. The van der Waals surface area contributed by atoms with Crippen LogP contribution in [-0.4, -0.2) is 84.5 Å². The number of ether oxygens (including phenoxy) is 1. The van der Waals surface area contributed by atoms with Crippen LogP contribution in [0.25, 0.3) is 10.9 Å². The first-order valence-electron chi connectivity index (χ1n) is 10.7. The van der Waals surface area contributed by atoms with Gasteiger partial charge in [0, 0.05) is 30.7 Å². The molecule has 174 valence electrons. The minimum absolute atomic E-state index is 0.00536. The second-order valence-electron chi connectivity index (χ2n) is 8.55. The summed E-state index contributed by atoms with van der Waals surface area (Å²) in [5.74, 6) is 0.112. The molecule has 2 aromatic rings. The van der Waals surface area contributed by atoms with Crippen molar-refractivity contribution in [2.75, 3.05) is 31.8 Å². The molecule has 2 aliphatic rings. The summed E-state index contributed by atoms with van der Waals surface area (Å²) in [6.45, 7) is 0.482. The smallest absolute Gasteiger partial charge is 0.253 e. The molecule has 0 spiro atoms. The fourth-order valence-electron chi connectivity index (χ4n) is 4.27. The fraction of sp³-hybridized carbons (Fsp3) is 0.571. The zero-order chi connectivity index (χ0) is 22.9. The molecule has 1 aromatic carbocycles. The zero-order valence-corrected chi connectivity index (χ0v) is 19.0. The molecule has 11 heteroatoms. The third-order valence-corrected chi connectivity index (χ3v) is 7.63. The molecule has 0 bridgehead atoms. The lowest BCUT2D eigenvalue weighted by Gasteiger charge is -2.33. The summed E-state index contributed by atoms with van der Waals surface area (Å²) in [6.07, 6.45) is 5.30. The van der Waals surface area contributed by atoms with Crippen LogP contribution in [0.15, 0.2) is 24.4 Å². The summed E-state index contributed by atoms with van der Waals surface area (Å²) in [6, 6.07) is 5.00. The number of rotatable bonds is 6. The van der Waals surface area contributed by atoms with E-state index < -0.39 is 22.2 Å². The van der Waals surface area contributed by atoms with Crippen molar-refractivity contribution in [1.29, 1.82) is 0 Å². The molecule has 2 atom stereocenters. The van der Waals surface area contributed by atoms with Crippen LogP contribution in [0.1, 0.15) is 36.0 Å². The number of amides is 1. The number of fused-ring (bicyclic) bond motifs is 1. The number of sulfonamides is 1. The van der Waals surface area contributed by atoms with E-state index in [1.54, 1.807) is 25.4 Å². The second-order valence-corrected chi connectivity index (χ2v) is 10.6. The van der Waals surface area contributed by atoms with Crippen LogP contribution >= 0.6 is 0 Å². The normalized spacial score (nSPS) is 26.4. The second kappa shape index (κ2) is 9.26. The number of para-hydroxylation sites is 1. The average Bonchev–Trinajstić information content (AvgIpc) is 3.17. The monoisotopic (exact) mass is 463 g/mol. The Labute approximate surface area is 187 Å². The number of carbonyl (C=O) groups is 1. The molecule has 1 aliphatic carbocycles. The third-order valence-electron chi connectivity index (χ3n) is 6.29. The molecular weight excluding hydrogens is 434 g/mol. The van der Waals surface area contributed by atoms with E-state index in [0.717, 1.165) is 31.1 Å². The van der Waals surface area contributed by atoms with Gasteiger partial charge in [0.15, 0.2) is 0 Å². The van der Waals surface area contributed by atoms with Crippen molar-refractivity contribution in [3.8, 4) is 0 Å². The molecule has 1 amide bonds. The van der Waals surface area contributed by atoms with Gasteiger partial charge in [-0.1, -0.05) is 12.1 Å². The van der Waals surface area contributed by atoms with E-state index in [1.165, 1.54) is 10.6 Å². The van der Waals surface area contributed by atoms with Gasteiger partial charge in [0.25, 0.3) is 5.91 Å². The molecule has 10 nitrogen and oxygen atoms in total. The Hall–Kier alpha value is -2.34. The van der Waals surface area contributed by atoms with Crippen LogP contribution in [0.2, 0.25) is 0 Å². The molecule has 0 radical (unpaired) electrons. The van der Waals surface area contributed by atoms with E-state index in [2.05, 4.69) is 20.6 Å². The molecule has 0 unspecified atom stereocenters. The molecule has 1 saturated heterocycles. The van der Waals surface area contributed by atoms with Crippen LogP contribution in [0.3, 0.4) is 0 Å². The van der Waals surface area contributed by atoms with Crippen molar-refractivity contribution in [2.24, 2.45) is 0 Å². The summed E-state index contributed by atoms with van der Waals surface area (Å²) < 4.78 is 30.2. The Kier molecular flexibility index (Phi) is 6.61. The number of hydrogen-bond donors (Lipinski definition) is 3. The third kappa shape index (κ3) is 5.01. The summed E-state index contributed by atoms with van der Waals surface area (Å²) in [5, 5.41) is 16.8. The van der Waals surface area contributed by atoms with Gasteiger partial charge in [0.05, 0.1) is 42.7 Å². The van der Waals surface area contributed by atoms with Gasteiger partial charge in [-0.2, -0.15) is 0 Å². The Morgan fingerprint density at radius 2 is 1.97 bits per heavy atom. The Balaban J connectivity index is 1.45. The summed E-state index contributed by atoms with van der Waals surface area (Å²) in [5.41, 5.74) is 0.937. The predicted molar refractivity (Wildman–Crippen MR) is 120 cm³/mol. The standard InChI is InChI=1S/C21H29N5O5S/c1-26(32(2,29)30)15-8-6-14(7-9-15)23-21-22-10-13-4-3-5-16(19(13)25-21)20(28)24-17-11-31-12-18(17)27/h3-5,10,14-15,17-18,27H,6-9,11-12H2,1-2H3,(H,24,28)(H,22,23,25)/t14?,15?,17-,18-/m0/s1. The van der Waals surface area contributed by atoms with Crippen LogP contribution in [0.4, 0.5) is 5.95 Å². The lowest BCUT2D eigenvalue weighted by molar-refractivity contribution is 0.0888. The van der Waals surface area contributed by atoms with Crippen molar-refractivity contribution in [1.82, 2.24) is 19.6 Å². The average molecular weight is 464 g/mol. The number of aliphatic hydroxyl groups excluding tert-OH is 1. The van der Waals surface area contributed by atoms with Gasteiger partial charge in [-0.15, -0.1) is 0 Å². The number of aliphatic hydroxyl groups is 1. The highest BCUT2D eigenvalue weighted by Crippen LogP contribution is 2.26. The van der Waals surface area contributed by atoms with E-state index in [1.807, 2.05) is 6.07 Å². The minimum Gasteiger partial charge on any atom is -0.388 e. The first-order valence-corrected chi connectivity index (χ1v) is 12.6. The summed E-state index contributed by atoms with van der Waals surface area (Å²) in [4.78, 5) is 21.8. The van der Waals surface area contributed by atoms with E-state index >= 15 is 0 Å². The molecule has 3 N–H and O–H groups in total. The van der Waals surface area contributed by atoms with E-state index in [9.17, 15) is 18.3 Å². The summed E-state index contributed by atoms with van der Waals surface area (Å²) in [7, 11) is -1.57. The van der Waals surface area contributed by atoms with Crippen molar-refractivity contribution in [3.05, 3.63) is 30.0 Å². The fourth-order valence-corrected chi connectivity index (χ4v) is 5.03. The molecule has 2 fully saturated rings. The van der Waals surface area contributed by atoms with Crippen molar-refractivity contribution >= 4 is 32.8 Å². The maximum atomic E-state index is 12.8.